The Kier molecular flexibility index (Phi) is 3.71. The molecule has 0 aliphatic heterocycles. The topological polar surface area (TPSA) is 84.5 Å². The molecule has 0 amide bonds. The van der Waals surface area contributed by atoms with Crippen molar-refractivity contribution in [1.82, 2.24) is 5.43 Å². The van der Waals surface area contributed by atoms with Crippen molar-refractivity contribution >= 4 is 34.6 Å². The molecule has 3 N–H and O–H groups in total. The van der Waals surface area contributed by atoms with Crippen LogP contribution in [-0.2, 0) is 0 Å². The molecule has 0 atom stereocenters. The molecule has 0 spiro atoms. The zero-order valence-corrected chi connectivity index (χ0v) is 11.2. The number of benzene rings is 1. The van der Waals surface area contributed by atoms with Gasteiger partial charge in [-0.05, 0) is 18.6 Å². The highest BCUT2D eigenvalue weighted by Gasteiger charge is 2.40. The summed E-state index contributed by atoms with van der Waals surface area (Å²) in [7, 11) is 0. The number of rotatable bonds is 3. The predicted molar refractivity (Wildman–Crippen MR) is 76.2 cm³/mol. The third kappa shape index (κ3) is 2.39. The minimum absolute atomic E-state index is 0.00126. The molecule has 98 valence electrons. The van der Waals surface area contributed by atoms with Gasteiger partial charge in [0.05, 0.1) is 5.71 Å². The van der Waals surface area contributed by atoms with Gasteiger partial charge in [-0.25, -0.2) is 0 Å². The summed E-state index contributed by atoms with van der Waals surface area (Å²) in [4.78, 5) is 24.5. The fourth-order valence-electron chi connectivity index (χ4n) is 2.12. The Bertz CT molecular complexity index is 560. The van der Waals surface area contributed by atoms with Gasteiger partial charge in [0.25, 0.3) is 0 Å². The molecule has 0 heterocycles. The smallest absolute Gasteiger partial charge is 0.184 e. The summed E-state index contributed by atoms with van der Waals surface area (Å²) >= 11 is 4.65. The number of hydrazone groups is 1. The van der Waals surface area contributed by atoms with Crippen LogP contribution in [0.1, 0.15) is 34.1 Å². The first-order valence-electron chi connectivity index (χ1n) is 5.85. The summed E-state index contributed by atoms with van der Waals surface area (Å²) in [6.07, 6.45) is 0.464. The lowest BCUT2D eigenvalue weighted by molar-refractivity contribution is 0.0882. The number of Topliss-reactive ketones (excluding diaryl/α,β-unsaturated/α-hetero) is 2. The van der Waals surface area contributed by atoms with Gasteiger partial charge < -0.3 is 5.73 Å². The van der Waals surface area contributed by atoms with Crippen LogP contribution in [0, 0.1) is 5.92 Å². The molecule has 0 saturated carbocycles. The van der Waals surface area contributed by atoms with Crippen molar-refractivity contribution in [3.8, 4) is 0 Å². The molecule has 0 aromatic heterocycles. The average molecular weight is 275 g/mol. The molecule has 0 fully saturated rings. The first kappa shape index (κ1) is 13.4. The Morgan fingerprint density at radius 2 is 1.84 bits per heavy atom. The second-order valence-corrected chi connectivity index (χ2v) is 4.58. The quantitative estimate of drug-likeness (QED) is 0.376. The van der Waals surface area contributed by atoms with E-state index in [0.29, 0.717) is 23.3 Å². The molecule has 1 aromatic carbocycles. The van der Waals surface area contributed by atoms with E-state index in [2.05, 4.69) is 22.7 Å². The van der Waals surface area contributed by atoms with Crippen LogP contribution >= 0.6 is 12.2 Å². The summed E-state index contributed by atoms with van der Waals surface area (Å²) in [6, 6.07) is 6.79. The molecule has 1 aromatic rings. The number of fused-ring (bicyclic) bond motifs is 1. The summed E-state index contributed by atoms with van der Waals surface area (Å²) in [5.74, 6) is -1.29. The lowest BCUT2D eigenvalue weighted by Gasteiger charge is -2.09. The van der Waals surface area contributed by atoms with Gasteiger partial charge in [-0.3, -0.25) is 15.0 Å². The molecule has 1 aliphatic carbocycles. The van der Waals surface area contributed by atoms with Crippen LogP contribution in [0.25, 0.3) is 0 Å². The highest BCUT2D eigenvalue weighted by atomic mass is 32.1. The van der Waals surface area contributed by atoms with Gasteiger partial charge in [0.1, 0.15) is 5.92 Å². The van der Waals surface area contributed by atoms with Crippen molar-refractivity contribution in [2.24, 2.45) is 16.8 Å². The van der Waals surface area contributed by atoms with E-state index >= 15 is 0 Å². The number of nitrogens with one attached hydrogen (secondary N) is 1. The second-order valence-electron chi connectivity index (χ2n) is 4.14. The maximum absolute atomic E-state index is 12.3. The number of carbonyl (C=O) groups excluding carboxylic acids is 2. The maximum Gasteiger partial charge on any atom is 0.184 e. The molecular weight excluding hydrogens is 262 g/mol. The first-order valence-corrected chi connectivity index (χ1v) is 6.26. The van der Waals surface area contributed by atoms with Gasteiger partial charge in [0.2, 0.25) is 0 Å². The monoisotopic (exact) mass is 275 g/mol. The zero-order chi connectivity index (χ0) is 14.0. The highest BCUT2D eigenvalue weighted by Crippen LogP contribution is 2.28. The Morgan fingerprint density at radius 1 is 1.32 bits per heavy atom. The average Bonchev–Trinajstić information content (AvgIpc) is 2.65. The van der Waals surface area contributed by atoms with Crippen LogP contribution in [-0.4, -0.2) is 22.4 Å². The van der Waals surface area contributed by atoms with Crippen molar-refractivity contribution < 1.29 is 9.59 Å². The lowest BCUT2D eigenvalue weighted by atomic mass is 9.96. The van der Waals surface area contributed by atoms with Crippen molar-refractivity contribution in [3.63, 3.8) is 0 Å². The number of nitrogens with zero attached hydrogens (tertiary/aromatic N) is 1. The van der Waals surface area contributed by atoms with Gasteiger partial charge in [0.15, 0.2) is 16.7 Å². The van der Waals surface area contributed by atoms with E-state index in [1.807, 2.05) is 6.92 Å². The fourth-order valence-corrected chi connectivity index (χ4v) is 2.17. The van der Waals surface area contributed by atoms with Crippen LogP contribution < -0.4 is 11.2 Å². The van der Waals surface area contributed by atoms with E-state index in [0.717, 1.165) is 0 Å². The number of carbonyl (C=O) groups is 2. The van der Waals surface area contributed by atoms with Crippen molar-refractivity contribution in [2.45, 2.75) is 13.3 Å². The largest absolute Gasteiger partial charge is 0.375 e. The lowest BCUT2D eigenvalue weighted by Crippen LogP contribution is -2.31. The van der Waals surface area contributed by atoms with Gasteiger partial charge in [-0.1, -0.05) is 31.2 Å². The van der Waals surface area contributed by atoms with Crippen LogP contribution in [0.3, 0.4) is 0 Å². The van der Waals surface area contributed by atoms with Gasteiger partial charge in [-0.15, -0.1) is 0 Å². The van der Waals surface area contributed by atoms with Gasteiger partial charge in [-0.2, -0.15) is 5.10 Å². The van der Waals surface area contributed by atoms with Crippen molar-refractivity contribution in [1.29, 1.82) is 0 Å². The number of hydrogen-bond donors (Lipinski definition) is 2. The number of nitrogens with two attached hydrogens (primary N) is 1. The number of thiocarbonyl (C=S) groups is 1. The summed E-state index contributed by atoms with van der Waals surface area (Å²) in [5, 5.41) is 3.97. The van der Waals surface area contributed by atoms with Crippen molar-refractivity contribution in [2.75, 3.05) is 0 Å². The molecule has 0 radical (unpaired) electrons. The van der Waals surface area contributed by atoms with Crippen LogP contribution in [0.2, 0.25) is 0 Å². The highest BCUT2D eigenvalue weighted by molar-refractivity contribution is 7.80. The normalized spacial score (nSPS) is 15.5. The van der Waals surface area contributed by atoms with E-state index in [4.69, 9.17) is 5.73 Å². The molecule has 0 bridgehead atoms. The minimum atomic E-state index is -0.857. The van der Waals surface area contributed by atoms with Gasteiger partial charge in [0, 0.05) is 11.1 Å². The van der Waals surface area contributed by atoms with E-state index in [1.165, 1.54) is 0 Å². The van der Waals surface area contributed by atoms with Crippen LogP contribution in [0.15, 0.2) is 29.4 Å². The molecule has 1 aliphatic rings. The third-order valence-electron chi connectivity index (χ3n) is 2.99. The Balaban J connectivity index is 2.37. The minimum Gasteiger partial charge on any atom is -0.375 e. The maximum atomic E-state index is 12.3. The second kappa shape index (κ2) is 5.27. The molecule has 0 saturated heterocycles. The number of ketones is 2. The van der Waals surface area contributed by atoms with Gasteiger partial charge >= 0.3 is 0 Å². The first-order chi connectivity index (χ1) is 9.06. The Hall–Kier alpha value is -2.08. The van der Waals surface area contributed by atoms with E-state index in [1.54, 1.807) is 24.3 Å². The zero-order valence-electron chi connectivity index (χ0n) is 10.3. The predicted octanol–water partition coefficient (Wildman–Crippen LogP) is 1.28. The Labute approximate surface area is 115 Å². The molecule has 19 heavy (non-hydrogen) atoms. The Morgan fingerprint density at radius 3 is 2.26 bits per heavy atom. The molecule has 5 nitrogen and oxygen atoms in total. The molecule has 2 rings (SSSR count). The van der Waals surface area contributed by atoms with Crippen LogP contribution in [0.4, 0.5) is 0 Å². The standard InChI is InChI=1S/C13H13N3O2S/c1-2-9(15-16-13(14)19)10-11(17)7-5-3-4-6-8(7)12(10)18/h3-6,10H,2H2,1H3,(H3,14,16,19)/b15-9+. The van der Waals surface area contributed by atoms with E-state index < -0.39 is 5.92 Å². The fraction of sp³-hybridized carbons (Fsp3) is 0.231. The molecule has 6 heteroatoms. The van der Waals surface area contributed by atoms with Crippen LogP contribution in [0.5, 0.6) is 0 Å². The third-order valence-corrected chi connectivity index (χ3v) is 3.08. The van der Waals surface area contributed by atoms with Crippen molar-refractivity contribution in [3.05, 3.63) is 35.4 Å². The van der Waals surface area contributed by atoms with E-state index in [9.17, 15) is 9.59 Å². The SMILES string of the molecule is CC/C(=N\NC(N)=S)C1C(=O)c2ccccc2C1=O. The molecular formula is C13H13N3O2S. The summed E-state index contributed by atoms with van der Waals surface area (Å²) < 4.78 is 0. The number of hydrogen-bond acceptors (Lipinski definition) is 4. The summed E-state index contributed by atoms with van der Waals surface area (Å²) in [6.45, 7) is 1.82. The summed E-state index contributed by atoms with van der Waals surface area (Å²) in [5.41, 5.74) is 9.07. The molecule has 0 unspecified atom stereocenters. The van der Waals surface area contributed by atoms with E-state index in [-0.39, 0.29) is 16.7 Å².